The van der Waals surface area contributed by atoms with Gasteiger partial charge in [0.15, 0.2) is 0 Å². The first kappa shape index (κ1) is 16.2. The summed E-state index contributed by atoms with van der Waals surface area (Å²) in [5.41, 5.74) is 2.72. The largest absolute Gasteiger partial charge is 0.496 e. The maximum atomic E-state index is 5.60. The van der Waals surface area contributed by atoms with Crippen LogP contribution in [0, 0.1) is 0 Å². The SMILES string of the molecule is COc1cccc2c1[C@](C)(CCN(C(C)C)C(C)C)CN2. The summed E-state index contributed by atoms with van der Waals surface area (Å²) in [6.07, 6.45) is 1.14. The number of methoxy groups -OCH3 is 1. The van der Waals surface area contributed by atoms with Gasteiger partial charge < -0.3 is 10.1 Å². The molecule has 0 spiro atoms. The quantitative estimate of drug-likeness (QED) is 0.860. The van der Waals surface area contributed by atoms with Crippen LogP contribution in [0.5, 0.6) is 5.75 Å². The van der Waals surface area contributed by atoms with Gasteiger partial charge in [0, 0.05) is 35.3 Å². The average Bonchev–Trinajstić information content (AvgIpc) is 2.76. The third-order valence-electron chi connectivity index (χ3n) is 4.77. The zero-order valence-electron chi connectivity index (χ0n) is 14.4. The molecular weight excluding hydrogens is 260 g/mol. The molecule has 1 aromatic rings. The van der Waals surface area contributed by atoms with Gasteiger partial charge in [-0.3, -0.25) is 4.90 Å². The number of benzene rings is 1. The average molecular weight is 290 g/mol. The molecule has 2 rings (SSSR count). The second-order valence-electron chi connectivity index (χ2n) is 6.97. The lowest BCUT2D eigenvalue weighted by Gasteiger charge is -2.34. The van der Waals surface area contributed by atoms with Crippen LogP contribution in [0.3, 0.4) is 0 Å². The molecule has 3 heteroatoms. The van der Waals surface area contributed by atoms with Crippen LogP contribution in [0.25, 0.3) is 0 Å². The summed E-state index contributed by atoms with van der Waals surface area (Å²) in [5, 5.41) is 3.55. The molecule has 21 heavy (non-hydrogen) atoms. The van der Waals surface area contributed by atoms with Gasteiger partial charge in [0.25, 0.3) is 0 Å². The van der Waals surface area contributed by atoms with Crippen molar-refractivity contribution in [2.75, 3.05) is 25.5 Å². The van der Waals surface area contributed by atoms with E-state index in [0.717, 1.165) is 25.3 Å². The molecule has 0 unspecified atom stereocenters. The predicted molar refractivity (Wildman–Crippen MR) is 90.4 cm³/mol. The third-order valence-corrected chi connectivity index (χ3v) is 4.77. The smallest absolute Gasteiger partial charge is 0.124 e. The number of hydrogen-bond acceptors (Lipinski definition) is 3. The Hall–Kier alpha value is -1.22. The molecule has 0 amide bonds. The van der Waals surface area contributed by atoms with E-state index in [2.05, 4.69) is 63.0 Å². The second-order valence-corrected chi connectivity index (χ2v) is 6.97. The lowest BCUT2D eigenvalue weighted by molar-refractivity contribution is 0.160. The summed E-state index contributed by atoms with van der Waals surface area (Å²) in [6, 6.07) is 7.46. The lowest BCUT2D eigenvalue weighted by Crippen LogP contribution is -2.40. The van der Waals surface area contributed by atoms with Gasteiger partial charge in [-0.25, -0.2) is 0 Å². The van der Waals surface area contributed by atoms with Crippen molar-refractivity contribution in [3.05, 3.63) is 23.8 Å². The fraction of sp³-hybridized carbons (Fsp3) is 0.667. The van der Waals surface area contributed by atoms with Crippen LogP contribution in [-0.4, -0.2) is 37.2 Å². The molecule has 1 aliphatic heterocycles. The minimum absolute atomic E-state index is 0.143. The maximum absolute atomic E-state index is 5.60. The number of nitrogens with zero attached hydrogens (tertiary/aromatic N) is 1. The van der Waals surface area contributed by atoms with E-state index >= 15 is 0 Å². The number of hydrogen-bond donors (Lipinski definition) is 1. The van der Waals surface area contributed by atoms with Gasteiger partial charge >= 0.3 is 0 Å². The number of nitrogens with one attached hydrogen (secondary N) is 1. The molecule has 1 heterocycles. The Kier molecular flexibility index (Phi) is 4.82. The number of anilines is 1. The van der Waals surface area contributed by atoms with Crippen LogP contribution in [0.4, 0.5) is 5.69 Å². The Bertz CT molecular complexity index is 476. The first-order chi connectivity index (χ1) is 9.89. The Morgan fingerprint density at radius 2 is 1.90 bits per heavy atom. The van der Waals surface area contributed by atoms with Crippen molar-refractivity contribution in [1.29, 1.82) is 0 Å². The molecule has 0 saturated carbocycles. The van der Waals surface area contributed by atoms with Crippen LogP contribution in [0.2, 0.25) is 0 Å². The van der Waals surface area contributed by atoms with E-state index in [-0.39, 0.29) is 5.41 Å². The molecule has 0 saturated heterocycles. The monoisotopic (exact) mass is 290 g/mol. The molecule has 1 aliphatic rings. The molecule has 0 radical (unpaired) electrons. The Morgan fingerprint density at radius 1 is 1.24 bits per heavy atom. The number of ether oxygens (including phenoxy) is 1. The van der Waals surface area contributed by atoms with E-state index in [9.17, 15) is 0 Å². The molecule has 0 aliphatic carbocycles. The highest BCUT2D eigenvalue weighted by atomic mass is 16.5. The summed E-state index contributed by atoms with van der Waals surface area (Å²) >= 11 is 0. The fourth-order valence-corrected chi connectivity index (χ4v) is 3.55. The highest BCUT2D eigenvalue weighted by molar-refractivity contribution is 5.65. The third kappa shape index (κ3) is 3.18. The molecule has 0 bridgehead atoms. The zero-order chi connectivity index (χ0) is 15.6. The molecule has 1 N–H and O–H groups in total. The van der Waals surface area contributed by atoms with E-state index in [1.54, 1.807) is 7.11 Å². The van der Waals surface area contributed by atoms with Gasteiger partial charge in [-0.2, -0.15) is 0 Å². The first-order valence-electron chi connectivity index (χ1n) is 8.06. The molecule has 118 valence electrons. The van der Waals surface area contributed by atoms with E-state index in [4.69, 9.17) is 4.74 Å². The minimum Gasteiger partial charge on any atom is -0.496 e. The first-order valence-corrected chi connectivity index (χ1v) is 8.06. The van der Waals surface area contributed by atoms with Crippen LogP contribution in [-0.2, 0) is 5.41 Å². The van der Waals surface area contributed by atoms with E-state index < -0.39 is 0 Å². The topological polar surface area (TPSA) is 24.5 Å². The normalized spacial score (nSPS) is 21.0. The lowest BCUT2D eigenvalue weighted by atomic mass is 9.80. The van der Waals surface area contributed by atoms with Gasteiger partial charge in [-0.15, -0.1) is 0 Å². The van der Waals surface area contributed by atoms with Gasteiger partial charge in [0.1, 0.15) is 5.75 Å². The summed E-state index contributed by atoms with van der Waals surface area (Å²) in [4.78, 5) is 2.57. The van der Waals surface area contributed by atoms with Crippen molar-refractivity contribution in [1.82, 2.24) is 4.90 Å². The molecule has 1 atom stereocenters. The van der Waals surface area contributed by atoms with Crippen molar-refractivity contribution < 1.29 is 4.74 Å². The fourth-order valence-electron chi connectivity index (χ4n) is 3.55. The van der Waals surface area contributed by atoms with Crippen molar-refractivity contribution in [3.8, 4) is 5.75 Å². The van der Waals surface area contributed by atoms with Gasteiger partial charge in [0.05, 0.1) is 7.11 Å². The second kappa shape index (κ2) is 6.27. The maximum Gasteiger partial charge on any atom is 0.124 e. The predicted octanol–water partition coefficient (Wildman–Crippen LogP) is 3.89. The Labute approximate surface area is 129 Å². The number of fused-ring (bicyclic) bond motifs is 1. The van der Waals surface area contributed by atoms with E-state index in [0.29, 0.717) is 12.1 Å². The van der Waals surface area contributed by atoms with Crippen LogP contribution >= 0.6 is 0 Å². The van der Waals surface area contributed by atoms with Crippen molar-refractivity contribution in [2.45, 2.75) is 58.5 Å². The minimum atomic E-state index is 0.143. The van der Waals surface area contributed by atoms with Crippen LogP contribution in [0.15, 0.2) is 18.2 Å². The molecule has 0 fully saturated rings. The Morgan fingerprint density at radius 3 is 2.48 bits per heavy atom. The summed E-state index contributed by atoms with van der Waals surface area (Å²) in [5.74, 6) is 1.01. The van der Waals surface area contributed by atoms with Crippen molar-refractivity contribution in [2.24, 2.45) is 0 Å². The summed E-state index contributed by atoms with van der Waals surface area (Å²) in [6.45, 7) is 13.6. The van der Waals surface area contributed by atoms with E-state index in [1.165, 1.54) is 11.3 Å². The Balaban J connectivity index is 2.19. The standard InChI is InChI=1S/C18H30N2O/c1-13(2)20(14(3)4)11-10-18(5)12-19-15-8-7-9-16(21-6)17(15)18/h7-9,13-14,19H,10-12H2,1-6H3/t18-/m1/s1. The molecular formula is C18H30N2O. The van der Waals surface area contributed by atoms with Crippen LogP contribution in [0.1, 0.15) is 46.6 Å². The van der Waals surface area contributed by atoms with Crippen molar-refractivity contribution >= 4 is 5.69 Å². The molecule has 1 aromatic carbocycles. The molecule has 0 aromatic heterocycles. The van der Waals surface area contributed by atoms with Gasteiger partial charge in [-0.1, -0.05) is 13.0 Å². The van der Waals surface area contributed by atoms with Crippen molar-refractivity contribution in [3.63, 3.8) is 0 Å². The summed E-state index contributed by atoms with van der Waals surface area (Å²) in [7, 11) is 1.77. The highest BCUT2D eigenvalue weighted by Crippen LogP contribution is 2.44. The van der Waals surface area contributed by atoms with Crippen LogP contribution < -0.4 is 10.1 Å². The summed E-state index contributed by atoms with van der Waals surface area (Å²) < 4.78 is 5.60. The number of rotatable bonds is 6. The molecule has 3 nitrogen and oxygen atoms in total. The van der Waals surface area contributed by atoms with Gasteiger partial charge in [-0.05, 0) is 52.8 Å². The van der Waals surface area contributed by atoms with E-state index in [1.807, 2.05) is 0 Å². The van der Waals surface area contributed by atoms with Gasteiger partial charge in [0.2, 0.25) is 0 Å². The highest BCUT2D eigenvalue weighted by Gasteiger charge is 2.37. The zero-order valence-corrected chi connectivity index (χ0v) is 14.4.